The lowest BCUT2D eigenvalue weighted by Crippen LogP contribution is -2.40. The Bertz CT molecular complexity index is 516. The van der Waals surface area contributed by atoms with Crippen molar-refractivity contribution in [1.29, 1.82) is 0 Å². The second-order valence-electron chi connectivity index (χ2n) is 9.23. The molecule has 2 bridgehead atoms. The molecule has 1 amide bonds. The Morgan fingerprint density at radius 1 is 0.759 bits per heavy atom. The van der Waals surface area contributed by atoms with Crippen LogP contribution in [0.3, 0.4) is 0 Å². The molecule has 2 N–H and O–H groups in total. The number of carboxylic acids is 1. The predicted molar refractivity (Wildman–Crippen MR) is 119 cm³/mol. The number of carbonyl (C=O) groups is 2. The minimum Gasteiger partial charge on any atom is -0.481 e. The third-order valence-electron chi connectivity index (χ3n) is 6.88. The van der Waals surface area contributed by atoms with E-state index >= 15 is 0 Å². The van der Waals surface area contributed by atoms with E-state index < -0.39 is 11.9 Å². The Labute approximate surface area is 177 Å². The maximum absolute atomic E-state index is 12.5. The molecule has 0 spiro atoms. The fraction of sp³-hybridized carbons (Fsp3) is 0.840. The van der Waals surface area contributed by atoms with Gasteiger partial charge in [-0.2, -0.15) is 0 Å². The second kappa shape index (κ2) is 13.8. The maximum atomic E-state index is 12.5. The Morgan fingerprint density at radius 3 is 1.69 bits per heavy atom. The first-order valence-corrected chi connectivity index (χ1v) is 12.3. The SMILES string of the molecule is CCCCCCCCCCCCCCCCNC(=O)[C@@H]1[C@@H](C(=O)O)[C@H]2C=C[C@H]1C2. The molecular formula is C25H43NO3. The highest BCUT2D eigenvalue weighted by molar-refractivity contribution is 5.86. The zero-order valence-corrected chi connectivity index (χ0v) is 18.5. The van der Waals surface area contributed by atoms with Gasteiger partial charge in [-0.05, 0) is 24.7 Å². The molecule has 4 atom stereocenters. The zero-order valence-electron chi connectivity index (χ0n) is 18.5. The minimum absolute atomic E-state index is 0.0503. The number of allylic oxidation sites excluding steroid dienone is 2. The Hall–Kier alpha value is -1.32. The van der Waals surface area contributed by atoms with Crippen LogP contribution >= 0.6 is 0 Å². The van der Waals surface area contributed by atoms with Crippen LogP contribution in [0.25, 0.3) is 0 Å². The highest BCUT2D eigenvalue weighted by Gasteiger charge is 2.51. The molecule has 2 rings (SSSR count). The number of unbranched alkanes of at least 4 members (excludes halogenated alkanes) is 13. The van der Waals surface area contributed by atoms with Crippen LogP contribution in [0.2, 0.25) is 0 Å². The van der Waals surface area contributed by atoms with E-state index in [0.717, 1.165) is 19.3 Å². The first-order valence-electron chi connectivity index (χ1n) is 12.3. The summed E-state index contributed by atoms with van der Waals surface area (Å²) >= 11 is 0. The van der Waals surface area contributed by atoms with Gasteiger partial charge in [-0.15, -0.1) is 0 Å². The van der Waals surface area contributed by atoms with Crippen LogP contribution in [0.4, 0.5) is 0 Å². The summed E-state index contributed by atoms with van der Waals surface area (Å²) in [7, 11) is 0. The molecule has 2 aliphatic carbocycles. The minimum atomic E-state index is -0.821. The van der Waals surface area contributed by atoms with Crippen molar-refractivity contribution in [2.45, 2.75) is 103 Å². The Morgan fingerprint density at radius 2 is 1.21 bits per heavy atom. The standard InChI is InChI=1S/C25H43NO3/c1-2-3-4-5-6-7-8-9-10-11-12-13-14-15-18-26-24(27)22-20-16-17-21(19-20)23(22)25(28)29/h16-17,20-23H,2-15,18-19H2,1H3,(H,26,27)(H,28,29)/t20-,21-,22-,23-/m0/s1. The van der Waals surface area contributed by atoms with Gasteiger partial charge in [-0.1, -0.05) is 103 Å². The van der Waals surface area contributed by atoms with Gasteiger partial charge in [0.25, 0.3) is 0 Å². The predicted octanol–water partition coefficient (Wildman–Crippen LogP) is 6.11. The van der Waals surface area contributed by atoms with E-state index in [0.29, 0.717) is 6.54 Å². The van der Waals surface area contributed by atoms with Crippen molar-refractivity contribution < 1.29 is 14.7 Å². The van der Waals surface area contributed by atoms with Gasteiger partial charge in [0, 0.05) is 6.54 Å². The van der Waals surface area contributed by atoms with E-state index in [-0.39, 0.29) is 23.7 Å². The van der Waals surface area contributed by atoms with Crippen molar-refractivity contribution in [1.82, 2.24) is 5.32 Å². The smallest absolute Gasteiger partial charge is 0.307 e. The van der Waals surface area contributed by atoms with E-state index in [1.807, 2.05) is 12.2 Å². The molecule has 0 heterocycles. The van der Waals surface area contributed by atoms with Crippen molar-refractivity contribution in [2.75, 3.05) is 6.54 Å². The molecule has 0 aliphatic heterocycles. The summed E-state index contributed by atoms with van der Waals surface area (Å²) in [6.07, 6.45) is 23.4. The first kappa shape index (κ1) is 24.0. The number of hydrogen-bond acceptors (Lipinski definition) is 2. The summed E-state index contributed by atoms with van der Waals surface area (Å²) in [6.45, 7) is 2.95. The molecule has 0 unspecified atom stereocenters. The highest BCUT2D eigenvalue weighted by Crippen LogP contribution is 2.48. The molecule has 2 aliphatic rings. The molecular weight excluding hydrogens is 362 g/mol. The quantitative estimate of drug-likeness (QED) is 0.227. The van der Waals surface area contributed by atoms with E-state index in [9.17, 15) is 14.7 Å². The van der Waals surface area contributed by atoms with Gasteiger partial charge in [0.05, 0.1) is 11.8 Å². The van der Waals surface area contributed by atoms with Gasteiger partial charge < -0.3 is 10.4 Å². The van der Waals surface area contributed by atoms with Crippen molar-refractivity contribution in [3.63, 3.8) is 0 Å². The maximum Gasteiger partial charge on any atom is 0.307 e. The molecule has 29 heavy (non-hydrogen) atoms. The van der Waals surface area contributed by atoms with Crippen LogP contribution in [0.5, 0.6) is 0 Å². The van der Waals surface area contributed by atoms with Gasteiger partial charge in [0.2, 0.25) is 5.91 Å². The Kier molecular flexibility index (Phi) is 11.4. The molecule has 166 valence electrons. The van der Waals surface area contributed by atoms with Crippen molar-refractivity contribution in [3.8, 4) is 0 Å². The summed E-state index contributed by atoms with van der Waals surface area (Å²) in [5, 5.41) is 12.4. The largest absolute Gasteiger partial charge is 0.481 e. The van der Waals surface area contributed by atoms with Crippen molar-refractivity contribution in [2.24, 2.45) is 23.7 Å². The number of carbonyl (C=O) groups excluding carboxylic acids is 1. The van der Waals surface area contributed by atoms with Crippen molar-refractivity contribution in [3.05, 3.63) is 12.2 Å². The lowest BCUT2D eigenvalue weighted by atomic mass is 9.82. The number of rotatable bonds is 17. The number of aliphatic carboxylic acids is 1. The van der Waals surface area contributed by atoms with Crippen LogP contribution in [0, 0.1) is 23.7 Å². The molecule has 0 aromatic carbocycles. The van der Waals surface area contributed by atoms with Gasteiger partial charge in [0.15, 0.2) is 0 Å². The molecule has 4 nitrogen and oxygen atoms in total. The molecule has 4 heteroatoms. The number of hydrogen-bond donors (Lipinski definition) is 2. The summed E-state index contributed by atoms with van der Waals surface area (Å²) < 4.78 is 0. The molecule has 0 aromatic heterocycles. The van der Waals surface area contributed by atoms with Crippen molar-refractivity contribution >= 4 is 11.9 Å². The van der Waals surface area contributed by atoms with E-state index in [1.165, 1.54) is 77.0 Å². The normalized spacial score (nSPS) is 24.9. The van der Waals surface area contributed by atoms with Crippen LogP contribution in [-0.2, 0) is 9.59 Å². The van der Waals surface area contributed by atoms with Gasteiger partial charge >= 0.3 is 5.97 Å². The summed E-state index contributed by atoms with van der Waals surface area (Å²) in [5.41, 5.74) is 0. The lowest BCUT2D eigenvalue weighted by molar-refractivity contribution is -0.147. The lowest BCUT2D eigenvalue weighted by Gasteiger charge is -2.23. The van der Waals surface area contributed by atoms with E-state index in [1.54, 1.807) is 0 Å². The van der Waals surface area contributed by atoms with Crippen LogP contribution in [0.15, 0.2) is 12.2 Å². The summed E-state index contributed by atoms with van der Waals surface area (Å²) in [5.74, 6) is -1.59. The third kappa shape index (κ3) is 8.14. The summed E-state index contributed by atoms with van der Waals surface area (Å²) in [4.78, 5) is 24.0. The monoisotopic (exact) mass is 405 g/mol. The average Bonchev–Trinajstić information content (AvgIpc) is 3.32. The Balaban J connectivity index is 1.40. The topological polar surface area (TPSA) is 66.4 Å². The van der Waals surface area contributed by atoms with Crippen LogP contribution in [0.1, 0.15) is 103 Å². The van der Waals surface area contributed by atoms with E-state index in [2.05, 4.69) is 12.2 Å². The molecule has 1 saturated carbocycles. The average molecular weight is 406 g/mol. The van der Waals surface area contributed by atoms with Crippen LogP contribution in [-0.4, -0.2) is 23.5 Å². The third-order valence-corrected chi connectivity index (χ3v) is 6.88. The fourth-order valence-electron chi connectivity index (χ4n) is 5.17. The van der Waals surface area contributed by atoms with E-state index in [4.69, 9.17) is 0 Å². The summed E-state index contributed by atoms with van der Waals surface area (Å²) in [6, 6.07) is 0. The molecule has 0 radical (unpaired) electrons. The number of nitrogens with one attached hydrogen (secondary N) is 1. The van der Waals surface area contributed by atoms with Crippen LogP contribution < -0.4 is 5.32 Å². The van der Waals surface area contributed by atoms with Gasteiger partial charge in [0.1, 0.15) is 0 Å². The fourth-order valence-corrected chi connectivity index (χ4v) is 5.17. The zero-order chi connectivity index (χ0) is 20.9. The second-order valence-corrected chi connectivity index (χ2v) is 9.23. The van der Waals surface area contributed by atoms with Gasteiger partial charge in [-0.25, -0.2) is 0 Å². The first-order chi connectivity index (χ1) is 14.1. The number of amides is 1. The van der Waals surface area contributed by atoms with Gasteiger partial charge in [-0.3, -0.25) is 9.59 Å². The highest BCUT2D eigenvalue weighted by atomic mass is 16.4. The molecule has 0 aromatic rings. The molecule has 0 saturated heterocycles. The molecule has 1 fully saturated rings. The number of carboxylic acid groups (broad SMARTS) is 1. The number of fused-ring (bicyclic) bond motifs is 2.